The number of morpholine rings is 1. The van der Waals surface area contributed by atoms with E-state index in [2.05, 4.69) is 10.2 Å². The zero-order valence-corrected chi connectivity index (χ0v) is 18.3. The summed E-state index contributed by atoms with van der Waals surface area (Å²) in [5, 5.41) is 2.85. The minimum atomic E-state index is -0.217. The molecule has 1 heterocycles. The van der Waals surface area contributed by atoms with E-state index in [1.54, 1.807) is 7.05 Å². The Bertz CT molecular complexity index is 863. The Labute approximate surface area is 183 Å². The fourth-order valence-electron chi connectivity index (χ4n) is 3.39. The second-order valence-electron chi connectivity index (χ2n) is 7.71. The number of ether oxygens (including phenoxy) is 2. The molecule has 2 aromatic carbocycles. The van der Waals surface area contributed by atoms with E-state index < -0.39 is 0 Å². The van der Waals surface area contributed by atoms with Gasteiger partial charge in [0.1, 0.15) is 5.75 Å². The molecular weight excluding hydrogens is 394 g/mol. The first-order valence-corrected chi connectivity index (χ1v) is 10.7. The van der Waals surface area contributed by atoms with Crippen molar-refractivity contribution in [1.82, 2.24) is 4.90 Å². The molecule has 3 rings (SSSR count). The Balaban J connectivity index is 1.36. The molecule has 2 aromatic rings. The quantitative estimate of drug-likeness (QED) is 0.625. The van der Waals surface area contributed by atoms with Gasteiger partial charge in [0.15, 0.2) is 0 Å². The molecule has 31 heavy (non-hydrogen) atoms. The Morgan fingerprint density at radius 2 is 1.87 bits per heavy atom. The fraction of sp³-hybridized carbons (Fsp3) is 0.417. The molecule has 0 aliphatic carbocycles. The number of likely N-dealkylation sites (N-methyl/N-ethyl adjacent to an activating group) is 1. The average Bonchev–Trinajstić information content (AvgIpc) is 2.77. The van der Waals surface area contributed by atoms with Crippen LogP contribution in [0.15, 0.2) is 48.5 Å². The number of amides is 2. The number of carbonyl (C=O) groups is 2. The number of carbonyl (C=O) groups excluding carboxylic acids is 2. The van der Waals surface area contributed by atoms with E-state index in [0.717, 1.165) is 49.0 Å². The van der Waals surface area contributed by atoms with Crippen LogP contribution >= 0.6 is 0 Å². The lowest BCUT2D eigenvalue weighted by Crippen LogP contribution is -2.36. The topological polar surface area (TPSA) is 71.1 Å². The molecule has 1 aliphatic heterocycles. The van der Waals surface area contributed by atoms with Crippen molar-refractivity contribution >= 4 is 23.2 Å². The van der Waals surface area contributed by atoms with Gasteiger partial charge in [0.25, 0.3) is 0 Å². The van der Waals surface area contributed by atoms with Gasteiger partial charge >= 0.3 is 0 Å². The highest BCUT2D eigenvalue weighted by atomic mass is 16.5. The van der Waals surface area contributed by atoms with E-state index >= 15 is 0 Å². The molecule has 2 amide bonds. The Morgan fingerprint density at radius 1 is 1.13 bits per heavy atom. The van der Waals surface area contributed by atoms with Gasteiger partial charge in [-0.25, -0.2) is 0 Å². The van der Waals surface area contributed by atoms with Crippen LogP contribution in [0.4, 0.5) is 11.4 Å². The van der Waals surface area contributed by atoms with Crippen molar-refractivity contribution in [2.45, 2.75) is 19.8 Å². The minimum Gasteiger partial charge on any atom is -0.494 e. The van der Waals surface area contributed by atoms with Crippen LogP contribution in [0.25, 0.3) is 0 Å². The van der Waals surface area contributed by atoms with Crippen LogP contribution in [0, 0.1) is 6.92 Å². The molecule has 0 aromatic heterocycles. The first-order chi connectivity index (χ1) is 15.0. The van der Waals surface area contributed by atoms with Crippen LogP contribution in [-0.2, 0) is 14.3 Å². The molecule has 7 nitrogen and oxygen atoms in total. The second-order valence-corrected chi connectivity index (χ2v) is 7.71. The van der Waals surface area contributed by atoms with Gasteiger partial charge < -0.3 is 24.6 Å². The number of nitrogens with one attached hydrogen (secondary N) is 1. The maximum Gasteiger partial charge on any atom is 0.243 e. The third kappa shape index (κ3) is 7.29. The van der Waals surface area contributed by atoms with Gasteiger partial charge in [0, 0.05) is 37.9 Å². The van der Waals surface area contributed by atoms with Crippen LogP contribution in [0.1, 0.15) is 18.4 Å². The SMILES string of the molecule is Cc1cccc(OCCCC(=O)N(C)CC(=O)Nc2ccc(N3CCOCC3)cc2)c1. The third-order valence-electron chi connectivity index (χ3n) is 5.13. The van der Waals surface area contributed by atoms with E-state index in [0.29, 0.717) is 19.4 Å². The van der Waals surface area contributed by atoms with E-state index in [4.69, 9.17) is 9.47 Å². The van der Waals surface area contributed by atoms with Crippen LogP contribution < -0.4 is 15.0 Å². The van der Waals surface area contributed by atoms with Crippen LogP contribution in [-0.4, -0.2) is 63.2 Å². The zero-order chi connectivity index (χ0) is 22.1. The molecule has 0 radical (unpaired) electrons. The Hall–Kier alpha value is -3.06. The molecule has 0 bridgehead atoms. The second kappa shape index (κ2) is 11.4. The van der Waals surface area contributed by atoms with Crippen LogP contribution in [0.5, 0.6) is 5.75 Å². The largest absolute Gasteiger partial charge is 0.494 e. The van der Waals surface area contributed by atoms with Crippen molar-refractivity contribution in [1.29, 1.82) is 0 Å². The number of aryl methyl sites for hydroxylation is 1. The summed E-state index contributed by atoms with van der Waals surface area (Å²) in [5.74, 6) is 0.511. The van der Waals surface area contributed by atoms with Crippen molar-refractivity contribution in [3.63, 3.8) is 0 Å². The van der Waals surface area contributed by atoms with Crippen molar-refractivity contribution in [3.8, 4) is 5.75 Å². The summed E-state index contributed by atoms with van der Waals surface area (Å²) in [6.45, 7) is 5.69. The molecule has 0 spiro atoms. The molecule has 1 N–H and O–H groups in total. The molecule has 1 aliphatic rings. The molecule has 0 atom stereocenters. The lowest BCUT2D eigenvalue weighted by Gasteiger charge is -2.28. The van der Waals surface area contributed by atoms with Crippen molar-refractivity contribution in [2.75, 3.05) is 56.7 Å². The van der Waals surface area contributed by atoms with Gasteiger partial charge in [-0.3, -0.25) is 9.59 Å². The average molecular weight is 426 g/mol. The summed E-state index contributed by atoms with van der Waals surface area (Å²) in [7, 11) is 1.64. The van der Waals surface area contributed by atoms with Gasteiger partial charge in [-0.05, 0) is 55.3 Å². The number of rotatable bonds is 9. The molecule has 0 unspecified atom stereocenters. The van der Waals surface area contributed by atoms with Gasteiger partial charge in [0.2, 0.25) is 11.8 Å². The summed E-state index contributed by atoms with van der Waals surface area (Å²) in [4.78, 5) is 28.3. The molecule has 166 valence electrons. The van der Waals surface area contributed by atoms with Gasteiger partial charge in [-0.15, -0.1) is 0 Å². The number of nitrogens with zero attached hydrogens (tertiary/aromatic N) is 2. The highest BCUT2D eigenvalue weighted by molar-refractivity contribution is 5.94. The van der Waals surface area contributed by atoms with E-state index in [1.165, 1.54) is 4.90 Å². The first kappa shape index (κ1) is 22.6. The number of hydrogen-bond acceptors (Lipinski definition) is 5. The zero-order valence-electron chi connectivity index (χ0n) is 18.3. The van der Waals surface area contributed by atoms with E-state index in [1.807, 2.05) is 55.5 Å². The number of anilines is 2. The Morgan fingerprint density at radius 3 is 2.58 bits per heavy atom. The van der Waals surface area contributed by atoms with E-state index in [9.17, 15) is 9.59 Å². The lowest BCUT2D eigenvalue weighted by atomic mass is 10.2. The normalized spacial score (nSPS) is 13.5. The minimum absolute atomic E-state index is 0.0167. The summed E-state index contributed by atoms with van der Waals surface area (Å²) < 4.78 is 11.0. The highest BCUT2D eigenvalue weighted by Gasteiger charge is 2.14. The summed E-state index contributed by atoms with van der Waals surface area (Å²) in [5.41, 5.74) is 2.96. The standard InChI is InChI=1S/C24H31N3O4/c1-19-5-3-6-22(17-19)31-14-4-7-24(29)26(2)18-23(28)25-20-8-10-21(11-9-20)27-12-15-30-16-13-27/h3,5-6,8-11,17H,4,7,12-16,18H2,1-2H3,(H,25,28). The lowest BCUT2D eigenvalue weighted by molar-refractivity contribution is -0.133. The molecule has 0 saturated carbocycles. The maximum absolute atomic E-state index is 12.3. The Kier molecular flexibility index (Phi) is 8.29. The summed E-state index contributed by atoms with van der Waals surface area (Å²) >= 11 is 0. The van der Waals surface area contributed by atoms with Crippen LogP contribution in [0.2, 0.25) is 0 Å². The van der Waals surface area contributed by atoms with Crippen molar-refractivity contribution in [3.05, 3.63) is 54.1 Å². The van der Waals surface area contributed by atoms with Gasteiger partial charge in [0.05, 0.1) is 26.4 Å². The molecule has 1 fully saturated rings. The number of benzene rings is 2. The summed E-state index contributed by atoms with van der Waals surface area (Å²) in [6.07, 6.45) is 0.936. The predicted octanol–water partition coefficient (Wildman–Crippen LogP) is 3.09. The van der Waals surface area contributed by atoms with Crippen molar-refractivity contribution < 1.29 is 19.1 Å². The fourth-order valence-corrected chi connectivity index (χ4v) is 3.39. The number of hydrogen-bond donors (Lipinski definition) is 1. The molecular formula is C24H31N3O4. The van der Waals surface area contributed by atoms with E-state index in [-0.39, 0.29) is 18.4 Å². The first-order valence-electron chi connectivity index (χ1n) is 10.7. The van der Waals surface area contributed by atoms with Crippen molar-refractivity contribution in [2.24, 2.45) is 0 Å². The maximum atomic E-state index is 12.3. The highest BCUT2D eigenvalue weighted by Crippen LogP contribution is 2.19. The third-order valence-corrected chi connectivity index (χ3v) is 5.13. The predicted molar refractivity (Wildman–Crippen MR) is 122 cm³/mol. The monoisotopic (exact) mass is 425 g/mol. The van der Waals surface area contributed by atoms with Gasteiger partial charge in [-0.1, -0.05) is 12.1 Å². The van der Waals surface area contributed by atoms with Gasteiger partial charge in [-0.2, -0.15) is 0 Å². The molecule has 7 heteroatoms. The summed E-state index contributed by atoms with van der Waals surface area (Å²) in [6, 6.07) is 15.6. The molecule has 1 saturated heterocycles. The van der Waals surface area contributed by atoms with Crippen LogP contribution in [0.3, 0.4) is 0 Å². The smallest absolute Gasteiger partial charge is 0.243 e.